The minimum Gasteiger partial charge on any atom is -0.462 e. The van der Waals surface area contributed by atoms with Crippen molar-refractivity contribution in [3.8, 4) is 21.7 Å². The number of aryl methyl sites for hydroxylation is 2. The number of halogens is 1. The Kier molecular flexibility index (Phi) is 7.87. The van der Waals surface area contributed by atoms with Crippen LogP contribution in [0.1, 0.15) is 58.8 Å². The third kappa shape index (κ3) is 6.25. The summed E-state index contributed by atoms with van der Waals surface area (Å²) in [5.74, 6) is -0.252. The van der Waals surface area contributed by atoms with Gasteiger partial charge in [-0.1, -0.05) is 24.3 Å². The van der Waals surface area contributed by atoms with Gasteiger partial charge in [0.05, 0.1) is 32.9 Å². The minimum atomic E-state index is -0.590. The number of ether oxygens (including phenoxy) is 2. The van der Waals surface area contributed by atoms with E-state index in [9.17, 15) is 4.79 Å². The van der Waals surface area contributed by atoms with Crippen LogP contribution in [0.2, 0.25) is 0 Å². The number of esters is 1. The van der Waals surface area contributed by atoms with E-state index in [1.54, 1.807) is 11.3 Å². The number of aromatic nitrogens is 3. The minimum absolute atomic E-state index is 0.132. The zero-order valence-electron chi connectivity index (χ0n) is 24.8. The molecule has 6 nitrogen and oxygen atoms in total. The van der Waals surface area contributed by atoms with Crippen LogP contribution < -0.4 is 0 Å². The lowest BCUT2D eigenvalue weighted by atomic mass is 9.97. The third-order valence-corrected chi connectivity index (χ3v) is 9.08. The molecule has 0 fully saturated rings. The Hall–Kier alpha value is -3.07. The lowest BCUT2D eigenvalue weighted by Gasteiger charge is -2.30. The van der Waals surface area contributed by atoms with Gasteiger partial charge in [-0.15, -0.1) is 11.3 Å². The van der Waals surface area contributed by atoms with Crippen molar-refractivity contribution in [1.29, 1.82) is 0 Å². The van der Waals surface area contributed by atoms with Gasteiger partial charge in [-0.05, 0) is 105 Å². The maximum Gasteiger partial charge on any atom is 0.311 e. The summed E-state index contributed by atoms with van der Waals surface area (Å²) in [5, 5.41) is 6.43. The van der Waals surface area contributed by atoms with Gasteiger partial charge >= 0.3 is 5.97 Å². The molecule has 0 N–H and O–H groups in total. The highest BCUT2D eigenvalue weighted by Crippen LogP contribution is 2.42. The van der Waals surface area contributed by atoms with Crippen LogP contribution in [0, 0.1) is 12.3 Å². The van der Waals surface area contributed by atoms with E-state index in [2.05, 4.69) is 76.5 Å². The van der Waals surface area contributed by atoms with Crippen LogP contribution in [-0.2, 0) is 21.3 Å². The highest BCUT2D eigenvalue weighted by Gasteiger charge is 2.30. The van der Waals surface area contributed by atoms with Crippen LogP contribution in [0.5, 0.6) is 0 Å². The molecule has 0 aliphatic carbocycles. The topological polar surface area (TPSA) is 66.2 Å². The third-order valence-electron chi connectivity index (χ3n) is 6.85. The van der Waals surface area contributed by atoms with Gasteiger partial charge < -0.3 is 9.47 Å². The lowest BCUT2D eigenvalue weighted by Crippen LogP contribution is -2.29. The summed E-state index contributed by atoms with van der Waals surface area (Å²) in [6.45, 7) is 13.8. The first kappa shape index (κ1) is 29.4. The van der Waals surface area contributed by atoms with E-state index in [1.807, 2.05) is 59.5 Å². The average molecular weight is 635 g/mol. The van der Waals surface area contributed by atoms with Crippen molar-refractivity contribution in [3.63, 3.8) is 0 Å². The van der Waals surface area contributed by atoms with Crippen molar-refractivity contribution in [1.82, 2.24) is 14.8 Å². The van der Waals surface area contributed by atoms with E-state index in [0.717, 1.165) is 58.4 Å². The number of thiazole rings is 1. The first-order valence-corrected chi connectivity index (χ1v) is 15.3. The SMILES string of the molecule is Cc1cc2nc(-c3cccc(-c4ccc5c(cnn5C)c4)c3)sc2c(Br)c1[C@H](COC(=O)C(C)(C)C)OC(C)(C)C. The predicted octanol–water partition coefficient (Wildman–Crippen LogP) is 9.03. The molecule has 0 spiro atoms. The molecule has 41 heavy (non-hydrogen) atoms. The normalized spacial score (nSPS) is 13.2. The van der Waals surface area contributed by atoms with E-state index in [1.165, 1.54) is 0 Å². The number of rotatable bonds is 6. The summed E-state index contributed by atoms with van der Waals surface area (Å²) >= 11 is 5.53. The summed E-state index contributed by atoms with van der Waals surface area (Å²) in [5.41, 5.74) is 6.33. The number of carbonyl (C=O) groups is 1. The molecule has 214 valence electrons. The molecule has 3 aromatic carbocycles. The molecule has 2 aromatic heterocycles. The second-order valence-electron chi connectivity index (χ2n) is 12.5. The Labute approximate surface area is 253 Å². The van der Waals surface area contributed by atoms with Gasteiger partial charge in [0.2, 0.25) is 0 Å². The Morgan fingerprint density at radius 2 is 1.73 bits per heavy atom. The molecule has 0 bridgehead atoms. The molecular weight excluding hydrogens is 598 g/mol. The highest BCUT2D eigenvalue weighted by molar-refractivity contribution is 9.10. The summed E-state index contributed by atoms with van der Waals surface area (Å²) in [4.78, 5) is 17.6. The van der Waals surface area contributed by atoms with Gasteiger partial charge in [-0.2, -0.15) is 5.10 Å². The Bertz CT molecular complexity index is 1760. The van der Waals surface area contributed by atoms with Gasteiger partial charge in [0.25, 0.3) is 0 Å². The molecule has 0 radical (unpaired) electrons. The number of fused-ring (bicyclic) bond motifs is 2. The molecule has 5 aromatic rings. The fourth-order valence-electron chi connectivity index (χ4n) is 4.83. The summed E-state index contributed by atoms with van der Waals surface area (Å²) in [7, 11) is 1.96. The Morgan fingerprint density at radius 1 is 1.02 bits per heavy atom. The molecule has 8 heteroatoms. The van der Waals surface area contributed by atoms with Gasteiger partial charge in [-0.25, -0.2) is 4.98 Å². The fourth-order valence-corrected chi connectivity index (χ4v) is 6.83. The highest BCUT2D eigenvalue weighted by atomic mass is 79.9. The van der Waals surface area contributed by atoms with Crippen LogP contribution in [0.25, 0.3) is 42.8 Å². The molecule has 0 aliphatic heterocycles. The van der Waals surface area contributed by atoms with E-state index in [0.29, 0.717) is 0 Å². The van der Waals surface area contributed by atoms with E-state index >= 15 is 0 Å². The van der Waals surface area contributed by atoms with E-state index < -0.39 is 17.1 Å². The maximum atomic E-state index is 12.6. The smallest absolute Gasteiger partial charge is 0.311 e. The van der Waals surface area contributed by atoms with E-state index in [-0.39, 0.29) is 12.6 Å². The van der Waals surface area contributed by atoms with Crippen molar-refractivity contribution in [2.75, 3.05) is 6.61 Å². The first-order valence-electron chi connectivity index (χ1n) is 13.7. The van der Waals surface area contributed by atoms with Crippen molar-refractivity contribution in [2.45, 2.75) is 60.2 Å². The summed E-state index contributed by atoms with van der Waals surface area (Å²) in [6.07, 6.45) is 1.46. The molecule has 0 amide bonds. The summed E-state index contributed by atoms with van der Waals surface area (Å²) < 4.78 is 16.0. The molecule has 0 saturated carbocycles. The fraction of sp³-hybridized carbons (Fsp3) is 0.364. The van der Waals surface area contributed by atoms with Crippen LogP contribution in [0.15, 0.2) is 59.2 Å². The van der Waals surface area contributed by atoms with Crippen LogP contribution >= 0.6 is 27.3 Å². The van der Waals surface area contributed by atoms with E-state index in [4.69, 9.17) is 14.5 Å². The summed E-state index contributed by atoms with van der Waals surface area (Å²) in [6, 6.07) is 17.0. The largest absolute Gasteiger partial charge is 0.462 e. The monoisotopic (exact) mass is 633 g/mol. The maximum absolute atomic E-state index is 12.6. The number of benzene rings is 3. The zero-order valence-corrected chi connectivity index (χ0v) is 27.2. The average Bonchev–Trinajstić information content (AvgIpc) is 3.49. The van der Waals surface area contributed by atoms with Crippen molar-refractivity contribution in [2.24, 2.45) is 12.5 Å². The second kappa shape index (κ2) is 11.0. The van der Waals surface area contributed by atoms with Gasteiger partial charge in [0.1, 0.15) is 17.7 Å². The molecule has 1 atom stereocenters. The molecular formula is C33H36BrN3O3S. The van der Waals surface area contributed by atoms with Gasteiger partial charge in [0, 0.05) is 28.0 Å². The lowest BCUT2D eigenvalue weighted by molar-refractivity contribution is -0.162. The van der Waals surface area contributed by atoms with Crippen LogP contribution in [0.4, 0.5) is 0 Å². The standard InChI is InChI=1S/C33H36BrN3O3S/c1-19-14-24-29(28(34)27(19)26(40-33(5,6)7)18-39-31(38)32(2,3)4)41-30(36-24)22-11-9-10-20(15-22)21-12-13-25-23(16-21)17-35-37(25)8/h9-17,26H,18H2,1-8H3/t26-/m0/s1. The number of nitrogens with zero attached hydrogens (tertiary/aromatic N) is 3. The quantitative estimate of drug-likeness (QED) is 0.175. The first-order chi connectivity index (χ1) is 19.2. The van der Waals surface area contributed by atoms with Gasteiger partial charge in [-0.3, -0.25) is 9.48 Å². The Balaban J connectivity index is 1.52. The second-order valence-corrected chi connectivity index (χ2v) is 14.3. The van der Waals surface area contributed by atoms with Crippen LogP contribution in [0.3, 0.4) is 0 Å². The number of hydrogen-bond acceptors (Lipinski definition) is 6. The van der Waals surface area contributed by atoms with Gasteiger partial charge in [0.15, 0.2) is 0 Å². The zero-order chi connectivity index (χ0) is 29.7. The molecule has 5 rings (SSSR count). The van der Waals surface area contributed by atoms with Crippen molar-refractivity contribution < 1.29 is 14.3 Å². The molecule has 0 saturated heterocycles. The molecule has 2 heterocycles. The number of carbonyl (C=O) groups excluding carboxylic acids is 1. The van der Waals surface area contributed by atoms with Crippen molar-refractivity contribution >= 4 is 54.4 Å². The molecule has 0 aliphatic rings. The molecule has 0 unspecified atom stereocenters. The van der Waals surface area contributed by atoms with Crippen molar-refractivity contribution in [3.05, 3.63) is 70.3 Å². The predicted molar refractivity (Wildman–Crippen MR) is 171 cm³/mol. The number of hydrogen-bond donors (Lipinski definition) is 0. The van der Waals surface area contributed by atoms with Crippen LogP contribution in [-0.4, -0.2) is 32.9 Å². The Morgan fingerprint density at radius 3 is 2.44 bits per heavy atom.